The average Bonchev–Trinajstić information content (AvgIpc) is 3.18. The molecule has 2 amide bonds. The van der Waals surface area contributed by atoms with Crippen LogP contribution in [0.4, 0.5) is 0 Å². The first-order valence-electron chi connectivity index (χ1n) is 22.2. The molecule has 0 bridgehead atoms. The first-order chi connectivity index (χ1) is 27.8. The quantitative estimate of drug-likeness (QED) is 0.0563. The number of aliphatic hydroxyl groups excluding tert-OH is 2. The van der Waals surface area contributed by atoms with E-state index in [0.29, 0.717) is 51.1 Å². The van der Waals surface area contributed by atoms with Crippen LogP contribution >= 0.6 is 0 Å². The summed E-state index contributed by atoms with van der Waals surface area (Å²) in [6, 6.07) is 0. The lowest BCUT2D eigenvalue weighted by Crippen LogP contribution is -2.43. The van der Waals surface area contributed by atoms with Gasteiger partial charge in [-0.25, -0.2) is 0 Å². The zero-order chi connectivity index (χ0) is 42.8. The molecule has 324 valence electrons. The van der Waals surface area contributed by atoms with Crippen molar-refractivity contribution in [3.05, 3.63) is 96.7 Å². The Kier molecular flexibility index (Phi) is 24.9. The second-order valence-electron chi connectivity index (χ2n) is 16.9. The lowest BCUT2D eigenvalue weighted by Gasteiger charge is -2.44. The number of hydrogen-bond acceptors (Lipinski definition) is 6. The van der Waals surface area contributed by atoms with Crippen molar-refractivity contribution >= 4 is 17.8 Å². The number of nitrogens with one attached hydrogen (secondary N) is 1. The Morgan fingerprint density at radius 3 is 2.02 bits per heavy atom. The zero-order valence-corrected chi connectivity index (χ0v) is 37.0. The standard InChI is InChI=1S/C50H78N2O6/c1-8-10-11-12-13-14-15-16-17-18-19-20-21-22-23-24-25-26-27-28-47(56)52(7)34-33-51-46(55)38-43(54)37-42(53)31-32-44-40(4)29-30-41-35-39(3)36-45(48(41)44)58-49(57)50(5,6)9-2/h10-11,13-14,16-17,19-20,22-23,25-26,29-30,35,39-40,42-45,48,53-54H,8-9,12,15,18,21,24,27-28,31-34,36-38H2,1-7H3,(H,51,55)/t39?,40?,42-,43+,44?,45?,48?/m0/s1. The Morgan fingerprint density at radius 2 is 1.45 bits per heavy atom. The maximum Gasteiger partial charge on any atom is 0.311 e. The van der Waals surface area contributed by atoms with Gasteiger partial charge in [0.25, 0.3) is 0 Å². The average molecular weight is 803 g/mol. The molecule has 2 rings (SSSR count). The van der Waals surface area contributed by atoms with Crippen LogP contribution in [0.1, 0.15) is 131 Å². The molecule has 0 aromatic rings. The Balaban J connectivity index is 1.62. The van der Waals surface area contributed by atoms with Crippen molar-refractivity contribution in [2.75, 3.05) is 20.1 Å². The zero-order valence-electron chi connectivity index (χ0n) is 37.0. The first kappa shape index (κ1) is 50.4. The summed E-state index contributed by atoms with van der Waals surface area (Å²) in [6.07, 6.45) is 40.1. The molecule has 58 heavy (non-hydrogen) atoms. The fraction of sp³-hybridized carbons (Fsp3) is 0.620. The van der Waals surface area contributed by atoms with Crippen molar-refractivity contribution < 1.29 is 29.3 Å². The number of nitrogens with zero attached hydrogens (tertiary/aromatic N) is 1. The van der Waals surface area contributed by atoms with Crippen LogP contribution < -0.4 is 5.32 Å². The van der Waals surface area contributed by atoms with Crippen molar-refractivity contribution in [1.82, 2.24) is 10.2 Å². The van der Waals surface area contributed by atoms with Crippen molar-refractivity contribution in [2.45, 2.75) is 150 Å². The number of aliphatic hydroxyl groups is 2. The van der Waals surface area contributed by atoms with Crippen LogP contribution in [0.5, 0.6) is 0 Å². The lowest BCUT2D eigenvalue weighted by atomic mass is 9.65. The van der Waals surface area contributed by atoms with Crippen LogP contribution in [0.15, 0.2) is 96.7 Å². The first-order valence-corrected chi connectivity index (χ1v) is 22.2. The summed E-state index contributed by atoms with van der Waals surface area (Å²) >= 11 is 0. The maximum atomic E-state index is 13.1. The molecule has 0 saturated heterocycles. The van der Waals surface area contributed by atoms with Gasteiger partial charge in [0.15, 0.2) is 0 Å². The number of likely N-dealkylation sites (N-methyl/N-ethyl adjacent to an activating group) is 1. The molecule has 2 aliphatic carbocycles. The minimum Gasteiger partial charge on any atom is -0.461 e. The van der Waals surface area contributed by atoms with E-state index in [2.05, 4.69) is 111 Å². The Morgan fingerprint density at radius 1 is 0.879 bits per heavy atom. The van der Waals surface area contributed by atoms with Gasteiger partial charge in [0.05, 0.1) is 24.0 Å². The minimum absolute atomic E-state index is 0.0133. The highest BCUT2D eigenvalue weighted by Crippen LogP contribution is 2.45. The minimum atomic E-state index is -0.976. The van der Waals surface area contributed by atoms with Gasteiger partial charge in [-0.2, -0.15) is 0 Å². The van der Waals surface area contributed by atoms with Crippen LogP contribution in [0.25, 0.3) is 0 Å². The van der Waals surface area contributed by atoms with Gasteiger partial charge in [-0.3, -0.25) is 14.4 Å². The Bertz CT molecular complexity index is 1470. The second kappa shape index (κ2) is 28.6. The predicted molar refractivity (Wildman–Crippen MR) is 240 cm³/mol. The lowest BCUT2D eigenvalue weighted by molar-refractivity contribution is -0.164. The van der Waals surface area contributed by atoms with E-state index in [4.69, 9.17) is 4.74 Å². The predicted octanol–water partition coefficient (Wildman–Crippen LogP) is 10.1. The topological polar surface area (TPSA) is 116 Å². The van der Waals surface area contributed by atoms with Gasteiger partial charge in [0, 0.05) is 32.5 Å². The fourth-order valence-corrected chi connectivity index (χ4v) is 7.37. The van der Waals surface area contributed by atoms with Crippen LogP contribution in [0.3, 0.4) is 0 Å². The van der Waals surface area contributed by atoms with E-state index < -0.39 is 17.6 Å². The Hall–Kier alpha value is -3.75. The molecular formula is C50H78N2O6. The molecule has 0 radical (unpaired) electrons. The van der Waals surface area contributed by atoms with E-state index in [0.717, 1.165) is 44.9 Å². The third kappa shape index (κ3) is 20.3. The molecule has 8 heteroatoms. The van der Waals surface area contributed by atoms with Gasteiger partial charge >= 0.3 is 5.97 Å². The molecule has 0 aromatic carbocycles. The number of rotatable bonds is 27. The van der Waals surface area contributed by atoms with Gasteiger partial charge < -0.3 is 25.2 Å². The third-order valence-electron chi connectivity index (χ3n) is 11.4. The highest BCUT2D eigenvalue weighted by atomic mass is 16.5. The van der Waals surface area contributed by atoms with Crippen LogP contribution in [0, 0.1) is 29.1 Å². The number of fused-ring (bicyclic) bond motifs is 1. The van der Waals surface area contributed by atoms with Crippen LogP contribution in [-0.2, 0) is 19.1 Å². The summed E-state index contributed by atoms with van der Waals surface area (Å²) in [5.74, 6) is 0.351. The fourth-order valence-electron chi connectivity index (χ4n) is 7.37. The summed E-state index contributed by atoms with van der Waals surface area (Å²) in [7, 11) is 1.73. The van der Waals surface area contributed by atoms with Gasteiger partial charge in [-0.15, -0.1) is 0 Å². The highest BCUT2D eigenvalue weighted by molar-refractivity contribution is 5.77. The molecule has 0 spiro atoms. The largest absolute Gasteiger partial charge is 0.461 e. The summed E-state index contributed by atoms with van der Waals surface area (Å²) < 4.78 is 6.21. The maximum absolute atomic E-state index is 13.1. The summed E-state index contributed by atoms with van der Waals surface area (Å²) in [4.78, 5) is 39.8. The van der Waals surface area contributed by atoms with Gasteiger partial charge in [-0.05, 0) is 114 Å². The van der Waals surface area contributed by atoms with E-state index in [1.807, 2.05) is 26.8 Å². The molecule has 0 fully saturated rings. The second-order valence-corrected chi connectivity index (χ2v) is 16.9. The molecule has 0 aliphatic heterocycles. The van der Waals surface area contributed by atoms with Gasteiger partial charge in [-0.1, -0.05) is 119 Å². The monoisotopic (exact) mass is 803 g/mol. The van der Waals surface area contributed by atoms with Crippen LogP contribution in [-0.4, -0.2) is 71.3 Å². The van der Waals surface area contributed by atoms with E-state index in [-0.39, 0.29) is 54.5 Å². The van der Waals surface area contributed by atoms with Crippen molar-refractivity contribution in [1.29, 1.82) is 0 Å². The SMILES string of the molecule is CCC=CCC=CCC=CCC=CCC=CCC=CCCC(=O)N(C)CCNC(=O)C[C@H](O)C[C@@H](O)CCC1C(C)C=CC2=CC(C)CC(OC(=O)C(C)(C)CC)C21. The van der Waals surface area contributed by atoms with Crippen molar-refractivity contribution in [2.24, 2.45) is 29.1 Å². The third-order valence-corrected chi connectivity index (χ3v) is 11.4. The number of carbonyl (C=O) groups excluding carboxylic acids is 3. The van der Waals surface area contributed by atoms with Gasteiger partial charge in [0.1, 0.15) is 6.10 Å². The molecule has 3 N–H and O–H groups in total. The molecule has 8 nitrogen and oxygen atoms in total. The number of amides is 2. The molecule has 0 aromatic heterocycles. The molecule has 0 saturated carbocycles. The van der Waals surface area contributed by atoms with Gasteiger partial charge in [0.2, 0.25) is 11.8 Å². The number of carbonyl (C=O) groups is 3. The normalized spacial score (nSPS) is 22.4. The number of ether oxygens (including phenoxy) is 1. The van der Waals surface area contributed by atoms with Crippen molar-refractivity contribution in [3.63, 3.8) is 0 Å². The smallest absolute Gasteiger partial charge is 0.311 e. The number of allylic oxidation sites excluding steroid dienone is 15. The van der Waals surface area contributed by atoms with E-state index >= 15 is 0 Å². The number of hydrogen-bond donors (Lipinski definition) is 3. The molecular weight excluding hydrogens is 725 g/mol. The molecule has 7 atom stereocenters. The summed E-state index contributed by atoms with van der Waals surface area (Å²) in [5.41, 5.74) is 0.663. The molecule has 2 aliphatic rings. The number of esters is 1. The van der Waals surface area contributed by atoms with E-state index in [9.17, 15) is 24.6 Å². The molecule has 0 heterocycles. The van der Waals surface area contributed by atoms with Crippen molar-refractivity contribution in [3.8, 4) is 0 Å². The summed E-state index contributed by atoms with van der Waals surface area (Å²) in [6.45, 7) is 13.0. The Labute approximate surface area is 352 Å². The molecule has 5 unspecified atom stereocenters. The van der Waals surface area contributed by atoms with E-state index in [1.54, 1.807) is 11.9 Å². The van der Waals surface area contributed by atoms with Crippen LogP contribution in [0.2, 0.25) is 0 Å². The van der Waals surface area contributed by atoms with E-state index in [1.165, 1.54) is 5.57 Å². The summed E-state index contributed by atoms with van der Waals surface area (Å²) in [5, 5.41) is 24.3. The highest BCUT2D eigenvalue weighted by Gasteiger charge is 2.43.